The van der Waals surface area contributed by atoms with Crippen molar-refractivity contribution in [1.29, 1.82) is 0 Å². The fraction of sp³-hybridized carbons (Fsp3) is 0.500. The first-order valence-electron chi connectivity index (χ1n) is 5.22. The molecule has 1 unspecified atom stereocenters. The van der Waals surface area contributed by atoms with Gasteiger partial charge < -0.3 is 16.0 Å². The Balaban J connectivity index is 2.74. The van der Waals surface area contributed by atoms with Crippen molar-refractivity contribution in [1.82, 2.24) is 9.88 Å². The van der Waals surface area contributed by atoms with E-state index in [0.717, 1.165) is 6.54 Å². The van der Waals surface area contributed by atoms with Gasteiger partial charge in [-0.15, -0.1) is 0 Å². The number of likely N-dealkylation sites (N-methyl/N-ethyl adjacent to an activating group) is 1. The monoisotopic (exact) mass is 239 g/mol. The summed E-state index contributed by atoms with van der Waals surface area (Å²) in [7, 11) is 3.94. The fourth-order valence-corrected chi connectivity index (χ4v) is 1.55. The number of rotatable bonds is 5. The molecular formula is C10H17N5O2. The molecule has 0 aromatic carbocycles. The van der Waals surface area contributed by atoms with Crippen molar-refractivity contribution >= 4 is 17.3 Å². The summed E-state index contributed by atoms with van der Waals surface area (Å²) in [5.74, 6) is 0.472. The molecule has 1 aromatic rings. The van der Waals surface area contributed by atoms with Gasteiger partial charge >= 0.3 is 5.69 Å². The smallest absolute Gasteiger partial charge is 0.311 e. The lowest BCUT2D eigenvalue weighted by atomic mass is 10.3. The van der Waals surface area contributed by atoms with Crippen molar-refractivity contribution in [2.45, 2.75) is 13.0 Å². The van der Waals surface area contributed by atoms with Crippen molar-refractivity contribution in [2.75, 3.05) is 31.7 Å². The molecule has 0 saturated heterocycles. The van der Waals surface area contributed by atoms with Gasteiger partial charge in [-0.25, -0.2) is 4.98 Å². The van der Waals surface area contributed by atoms with Crippen LogP contribution in [-0.4, -0.2) is 41.5 Å². The van der Waals surface area contributed by atoms with Crippen LogP contribution in [0.3, 0.4) is 0 Å². The zero-order chi connectivity index (χ0) is 13.0. The molecule has 3 N–H and O–H groups in total. The predicted octanol–water partition coefficient (Wildman–Crippen LogP) is 0.934. The average Bonchev–Trinajstić information content (AvgIpc) is 2.15. The second-order valence-corrected chi connectivity index (χ2v) is 4.17. The standard InChI is InChI=1S/C10H17N5O2/c1-7(6-14(2)3)12-9-5-4-8(15(16)17)10(11)13-9/h4-5,7H,6H2,1-3H3,(H3,11,12,13). The summed E-state index contributed by atoms with van der Waals surface area (Å²) in [6.45, 7) is 2.83. The molecule has 0 bridgehead atoms. The normalized spacial score (nSPS) is 12.5. The van der Waals surface area contributed by atoms with Gasteiger partial charge in [0.05, 0.1) is 4.92 Å². The molecule has 0 aliphatic rings. The maximum absolute atomic E-state index is 10.6. The molecule has 1 atom stereocenters. The molecule has 0 aliphatic heterocycles. The Labute approximate surface area is 99.8 Å². The summed E-state index contributed by atoms with van der Waals surface area (Å²) >= 11 is 0. The number of nitrogens with zero attached hydrogens (tertiary/aromatic N) is 3. The van der Waals surface area contributed by atoms with Gasteiger partial charge in [-0.2, -0.15) is 0 Å². The molecule has 0 spiro atoms. The Morgan fingerprint density at radius 2 is 2.24 bits per heavy atom. The van der Waals surface area contributed by atoms with E-state index in [9.17, 15) is 10.1 Å². The highest BCUT2D eigenvalue weighted by Gasteiger charge is 2.13. The third-order valence-electron chi connectivity index (χ3n) is 2.13. The Kier molecular flexibility index (Phi) is 4.22. The molecule has 7 nitrogen and oxygen atoms in total. The van der Waals surface area contributed by atoms with Crippen LogP contribution in [0.1, 0.15) is 6.92 Å². The second kappa shape index (κ2) is 5.44. The molecular weight excluding hydrogens is 222 g/mol. The SMILES string of the molecule is CC(CN(C)C)Nc1ccc([N+](=O)[O-])c(N)n1. The van der Waals surface area contributed by atoms with Gasteiger partial charge in [0.2, 0.25) is 5.82 Å². The minimum Gasteiger partial charge on any atom is -0.378 e. The summed E-state index contributed by atoms with van der Waals surface area (Å²) in [4.78, 5) is 16.0. The molecule has 1 aromatic heterocycles. The van der Waals surface area contributed by atoms with Gasteiger partial charge in [0.1, 0.15) is 5.82 Å². The largest absolute Gasteiger partial charge is 0.378 e. The average molecular weight is 239 g/mol. The van der Waals surface area contributed by atoms with Crippen molar-refractivity contribution in [3.63, 3.8) is 0 Å². The van der Waals surface area contributed by atoms with E-state index in [2.05, 4.69) is 10.3 Å². The maximum atomic E-state index is 10.6. The molecule has 7 heteroatoms. The van der Waals surface area contributed by atoms with E-state index in [1.807, 2.05) is 25.9 Å². The Hall–Kier alpha value is -1.89. The number of nitrogens with two attached hydrogens (primary N) is 1. The number of nitrogen functional groups attached to an aromatic ring is 1. The highest BCUT2D eigenvalue weighted by Crippen LogP contribution is 2.20. The minimum atomic E-state index is -0.546. The molecule has 0 fully saturated rings. The lowest BCUT2D eigenvalue weighted by molar-refractivity contribution is -0.384. The second-order valence-electron chi connectivity index (χ2n) is 4.17. The molecule has 1 heterocycles. The Morgan fingerprint density at radius 3 is 2.71 bits per heavy atom. The Bertz CT molecular complexity index is 408. The molecule has 0 saturated carbocycles. The van der Waals surface area contributed by atoms with Gasteiger partial charge in [-0.05, 0) is 27.1 Å². The number of nitro groups is 1. The van der Waals surface area contributed by atoms with E-state index >= 15 is 0 Å². The van der Waals surface area contributed by atoms with Crippen LogP contribution in [0, 0.1) is 10.1 Å². The number of hydrogen-bond donors (Lipinski definition) is 2. The van der Waals surface area contributed by atoms with Crippen LogP contribution in [0.4, 0.5) is 17.3 Å². The van der Waals surface area contributed by atoms with E-state index in [0.29, 0.717) is 5.82 Å². The highest BCUT2D eigenvalue weighted by molar-refractivity contribution is 5.57. The van der Waals surface area contributed by atoms with Gasteiger partial charge in [0.15, 0.2) is 0 Å². The highest BCUT2D eigenvalue weighted by atomic mass is 16.6. The molecule has 17 heavy (non-hydrogen) atoms. The van der Waals surface area contributed by atoms with Gasteiger partial charge in [-0.1, -0.05) is 0 Å². The van der Waals surface area contributed by atoms with Crippen molar-refractivity contribution in [2.24, 2.45) is 0 Å². The van der Waals surface area contributed by atoms with E-state index in [1.165, 1.54) is 6.07 Å². The lowest BCUT2D eigenvalue weighted by Gasteiger charge is -2.18. The van der Waals surface area contributed by atoms with Crippen molar-refractivity contribution in [3.8, 4) is 0 Å². The van der Waals surface area contributed by atoms with Gasteiger partial charge in [-0.3, -0.25) is 10.1 Å². The Morgan fingerprint density at radius 1 is 1.59 bits per heavy atom. The zero-order valence-corrected chi connectivity index (χ0v) is 10.2. The van der Waals surface area contributed by atoms with E-state index in [1.54, 1.807) is 6.07 Å². The predicted molar refractivity (Wildman–Crippen MR) is 66.9 cm³/mol. The van der Waals surface area contributed by atoms with Crippen molar-refractivity contribution < 1.29 is 4.92 Å². The number of pyridine rings is 1. The quantitative estimate of drug-likeness (QED) is 0.586. The summed E-state index contributed by atoms with van der Waals surface area (Å²) in [6, 6.07) is 3.09. The van der Waals surface area contributed by atoms with E-state index in [4.69, 9.17) is 5.73 Å². The van der Waals surface area contributed by atoms with Crippen LogP contribution in [0.2, 0.25) is 0 Å². The number of nitrogens with one attached hydrogen (secondary N) is 1. The molecule has 0 radical (unpaired) electrons. The fourth-order valence-electron chi connectivity index (χ4n) is 1.55. The van der Waals surface area contributed by atoms with Gasteiger partial charge in [0.25, 0.3) is 0 Å². The summed E-state index contributed by atoms with van der Waals surface area (Å²) < 4.78 is 0. The summed E-state index contributed by atoms with van der Waals surface area (Å²) in [6.07, 6.45) is 0. The first-order chi connectivity index (χ1) is 7.90. The van der Waals surface area contributed by atoms with E-state index in [-0.39, 0.29) is 17.5 Å². The van der Waals surface area contributed by atoms with Crippen LogP contribution in [0.5, 0.6) is 0 Å². The molecule has 94 valence electrons. The number of hydrogen-bond acceptors (Lipinski definition) is 6. The third kappa shape index (κ3) is 3.87. The number of aromatic nitrogens is 1. The van der Waals surface area contributed by atoms with E-state index < -0.39 is 4.92 Å². The minimum absolute atomic E-state index is 0.0722. The molecule has 0 amide bonds. The molecule has 1 rings (SSSR count). The summed E-state index contributed by atoms with van der Waals surface area (Å²) in [5, 5.41) is 13.7. The van der Waals surface area contributed by atoms with Crippen LogP contribution in [0.15, 0.2) is 12.1 Å². The van der Waals surface area contributed by atoms with Crippen LogP contribution >= 0.6 is 0 Å². The lowest BCUT2D eigenvalue weighted by Crippen LogP contribution is -2.30. The zero-order valence-electron chi connectivity index (χ0n) is 10.2. The number of anilines is 2. The van der Waals surface area contributed by atoms with Crippen LogP contribution < -0.4 is 11.1 Å². The third-order valence-corrected chi connectivity index (χ3v) is 2.13. The van der Waals surface area contributed by atoms with Gasteiger partial charge in [0, 0.05) is 18.7 Å². The van der Waals surface area contributed by atoms with Crippen LogP contribution in [-0.2, 0) is 0 Å². The topological polar surface area (TPSA) is 97.3 Å². The first-order valence-corrected chi connectivity index (χ1v) is 5.22. The maximum Gasteiger partial charge on any atom is 0.311 e. The van der Waals surface area contributed by atoms with Crippen LogP contribution in [0.25, 0.3) is 0 Å². The molecule has 0 aliphatic carbocycles. The first kappa shape index (κ1) is 13.2. The summed E-state index contributed by atoms with van der Waals surface area (Å²) in [5.41, 5.74) is 5.33. The van der Waals surface area contributed by atoms with Crippen molar-refractivity contribution in [3.05, 3.63) is 22.2 Å².